The summed E-state index contributed by atoms with van der Waals surface area (Å²) in [6.07, 6.45) is 3.48. The Bertz CT molecular complexity index is 1790. The lowest BCUT2D eigenvalue weighted by Gasteiger charge is -2.40. The van der Waals surface area contributed by atoms with Gasteiger partial charge >= 0.3 is 5.97 Å². The number of likely N-dealkylation sites (tertiary alicyclic amines) is 1. The zero-order valence-corrected chi connectivity index (χ0v) is 26.4. The lowest BCUT2D eigenvalue weighted by Crippen LogP contribution is -2.54. The van der Waals surface area contributed by atoms with Gasteiger partial charge < -0.3 is 34.4 Å². The van der Waals surface area contributed by atoms with Crippen LogP contribution in [0, 0.1) is 17.0 Å². The molecule has 0 unspecified atom stereocenters. The summed E-state index contributed by atoms with van der Waals surface area (Å²) in [5.74, 6) is -5.18. The molecular formula is C33H36F2N6O6. The maximum absolute atomic E-state index is 16.0. The molecule has 0 spiro atoms. The third kappa shape index (κ3) is 7.12. The van der Waals surface area contributed by atoms with Crippen LogP contribution in [0.1, 0.15) is 39.2 Å². The minimum Gasteiger partial charge on any atom is -0.504 e. The third-order valence-electron chi connectivity index (χ3n) is 7.87. The minimum absolute atomic E-state index is 0.177. The molecule has 12 nitrogen and oxygen atoms in total. The number of rotatable bonds is 11. The number of aryl methyl sites for hydroxylation is 1. The number of nitrogens with one attached hydrogen (secondary N) is 1. The standard InChI is InChI=1S/C33H36F2N6O6/c1-5-44-32(43)33(2,3)41-14-11-21(12-15-41)45-27-25(34)30(46-22-8-6-7-20(17-22)29-38-13-16-40(29)4)39-31(26(27)35)47-24-18-19(28(36)37)9-10-23(24)42/h6-10,13,16-18,21,42H,5,11-12,14-15H2,1-4H3,(H3,36,37). The van der Waals surface area contributed by atoms with Gasteiger partial charge in [0.25, 0.3) is 11.8 Å². The molecule has 14 heteroatoms. The summed E-state index contributed by atoms with van der Waals surface area (Å²) >= 11 is 0. The molecule has 248 valence electrons. The van der Waals surface area contributed by atoms with Crippen LogP contribution < -0.4 is 19.9 Å². The molecule has 2 aromatic carbocycles. The van der Waals surface area contributed by atoms with E-state index in [1.165, 1.54) is 18.2 Å². The second-order valence-corrected chi connectivity index (χ2v) is 11.5. The number of nitrogen functional groups attached to an aromatic ring is 1. The normalized spacial score (nSPS) is 14.1. The first-order valence-corrected chi connectivity index (χ1v) is 15.0. The second kappa shape index (κ2) is 13.6. The molecule has 1 aliphatic heterocycles. The van der Waals surface area contributed by atoms with Gasteiger partial charge in [-0.3, -0.25) is 15.1 Å². The van der Waals surface area contributed by atoms with E-state index in [0.717, 1.165) is 0 Å². The van der Waals surface area contributed by atoms with Gasteiger partial charge in [0.05, 0.1) is 6.61 Å². The average Bonchev–Trinajstić information content (AvgIpc) is 3.48. The van der Waals surface area contributed by atoms with Crippen molar-refractivity contribution in [3.05, 3.63) is 72.1 Å². The van der Waals surface area contributed by atoms with Gasteiger partial charge in [-0.2, -0.15) is 13.8 Å². The fourth-order valence-electron chi connectivity index (χ4n) is 5.18. The number of hydrogen-bond acceptors (Lipinski definition) is 10. The van der Waals surface area contributed by atoms with Gasteiger partial charge in [-0.25, -0.2) is 4.98 Å². The molecule has 0 atom stereocenters. The Morgan fingerprint density at radius 2 is 1.81 bits per heavy atom. The first-order chi connectivity index (χ1) is 22.4. The molecule has 1 saturated heterocycles. The predicted molar refractivity (Wildman–Crippen MR) is 168 cm³/mol. The maximum Gasteiger partial charge on any atom is 0.325 e. The zero-order chi connectivity index (χ0) is 33.9. The van der Waals surface area contributed by atoms with Crippen molar-refractivity contribution in [1.82, 2.24) is 19.4 Å². The van der Waals surface area contributed by atoms with Crippen LogP contribution in [-0.4, -0.2) is 67.7 Å². The van der Waals surface area contributed by atoms with E-state index >= 15 is 8.78 Å². The maximum atomic E-state index is 16.0. The number of aromatic hydroxyl groups is 1. The lowest BCUT2D eigenvalue weighted by molar-refractivity contribution is -0.157. The number of imidazole rings is 1. The van der Waals surface area contributed by atoms with Gasteiger partial charge in [-0.1, -0.05) is 12.1 Å². The minimum atomic E-state index is -1.27. The summed E-state index contributed by atoms with van der Waals surface area (Å²) in [7, 11) is 1.82. The van der Waals surface area contributed by atoms with E-state index in [4.69, 9.17) is 30.1 Å². The van der Waals surface area contributed by atoms with Crippen LogP contribution in [0.5, 0.6) is 34.8 Å². The monoisotopic (exact) mass is 650 g/mol. The Morgan fingerprint density at radius 1 is 1.11 bits per heavy atom. The van der Waals surface area contributed by atoms with Crippen LogP contribution in [-0.2, 0) is 16.6 Å². The number of esters is 1. The number of amidine groups is 1. The Kier molecular flexibility index (Phi) is 9.61. The number of hydrogen-bond donors (Lipinski definition) is 3. The first kappa shape index (κ1) is 33.1. The van der Waals surface area contributed by atoms with Crippen LogP contribution in [0.4, 0.5) is 8.78 Å². The molecule has 5 rings (SSSR count). The number of phenols is 1. The highest BCUT2D eigenvalue weighted by molar-refractivity contribution is 5.95. The quantitative estimate of drug-likeness (QED) is 0.107. The SMILES string of the molecule is CCOC(=O)C(C)(C)N1CCC(Oc2c(F)c(Oc3cccc(-c4nccn4C)c3)nc(Oc3cc(C(=N)N)ccc3O)c2F)CC1. The number of pyridine rings is 1. The van der Waals surface area contributed by atoms with E-state index in [0.29, 0.717) is 37.3 Å². The van der Waals surface area contributed by atoms with E-state index in [1.807, 2.05) is 11.9 Å². The van der Waals surface area contributed by atoms with Gasteiger partial charge in [0.1, 0.15) is 29.1 Å². The number of halogens is 2. The van der Waals surface area contributed by atoms with Crippen molar-refractivity contribution in [3.63, 3.8) is 0 Å². The molecule has 4 N–H and O–H groups in total. The first-order valence-electron chi connectivity index (χ1n) is 15.0. The van der Waals surface area contributed by atoms with E-state index in [9.17, 15) is 9.90 Å². The van der Waals surface area contributed by atoms with Crippen molar-refractivity contribution in [2.45, 2.75) is 45.3 Å². The van der Waals surface area contributed by atoms with Crippen LogP contribution in [0.2, 0.25) is 0 Å². The van der Waals surface area contributed by atoms with Gasteiger partial charge in [0.2, 0.25) is 17.4 Å². The van der Waals surface area contributed by atoms with Crippen molar-refractivity contribution in [1.29, 1.82) is 5.41 Å². The molecular weight excluding hydrogens is 614 g/mol. The Hall–Kier alpha value is -5.24. The molecule has 0 radical (unpaired) electrons. The summed E-state index contributed by atoms with van der Waals surface area (Å²) < 4.78 is 56.4. The van der Waals surface area contributed by atoms with E-state index in [-0.39, 0.29) is 35.5 Å². The number of piperidine rings is 1. The molecule has 1 aliphatic rings. The zero-order valence-electron chi connectivity index (χ0n) is 26.4. The van der Waals surface area contributed by atoms with Crippen molar-refractivity contribution >= 4 is 11.8 Å². The van der Waals surface area contributed by atoms with Crippen molar-refractivity contribution in [3.8, 4) is 46.1 Å². The highest BCUT2D eigenvalue weighted by Crippen LogP contribution is 2.41. The third-order valence-corrected chi connectivity index (χ3v) is 7.87. The van der Waals surface area contributed by atoms with Crippen molar-refractivity contribution in [2.24, 2.45) is 12.8 Å². The van der Waals surface area contributed by atoms with Gasteiger partial charge in [-0.05, 0) is 63.9 Å². The number of nitrogens with two attached hydrogens (primary N) is 1. The molecule has 47 heavy (non-hydrogen) atoms. The number of ether oxygens (including phenoxy) is 4. The number of carbonyl (C=O) groups is 1. The van der Waals surface area contributed by atoms with Crippen molar-refractivity contribution in [2.75, 3.05) is 19.7 Å². The molecule has 2 aromatic heterocycles. The number of aromatic nitrogens is 3. The summed E-state index contributed by atoms with van der Waals surface area (Å²) in [5, 5.41) is 18.1. The molecule has 0 aliphatic carbocycles. The van der Waals surface area contributed by atoms with Gasteiger partial charge in [0.15, 0.2) is 11.5 Å². The van der Waals surface area contributed by atoms with Crippen LogP contribution >= 0.6 is 0 Å². The molecule has 3 heterocycles. The lowest BCUT2D eigenvalue weighted by atomic mass is 9.97. The average molecular weight is 651 g/mol. The van der Waals surface area contributed by atoms with E-state index in [1.54, 1.807) is 62.0 Å². The molecule has 0 amide bonds. The topological polar surface area (TPSA) is 158 Å². The van der Waals surface area contributed by atoms with Crippen LogP contribution in [0.3, 0.4) is 0 Å². The number of benzene rings is 2. The number of carbonyl (C=O) groups excluding carboxylic acids is 1. The van der Waals surface area contributed by atoms with Crippen molar-refractivity contribution < 1.29 is 37.6 Å². The molecule has 4 aromatic rings. The summed E-state index contributed by atoms with van der Waals surface area (Å²) in [6, 6.07) is 10.5. The molecule has 1 fully saturated rings. The highest BCUT2D eigenvalue weighted by atomic mass is 19.1. The van der Waals surface area contributed by atoms with Crippen LogP contribution in [0.15, 0.2) is 54.9 Å². The van der Waals surface area contributed by atoms with E-state index in [2.05, 4.69) is 9.97 Å². The second-order valence-electron chi connectivity index (χ2n) is 11.5. The predicted octanol–water partition coefficient (Wildman–Crippen LogP) is 5.52. The highest BCUT2D eigenvalue weighted by Gasteiger charge is 2.39. The number of phenolic OH excluding ortho intramolecular Hbond substituents is 1. The summed E-state index contributed by atoms with van der Waals surface area (Å²) in [5.41, 5.74) is 5.54. The van der Waals surface area contributed by atoms with Gasteiger partial charge in [0, 0.05) is 43.7 Å². The molecule has 0 saturated carbocycles. The molecule has 0 bridgehead atoms. The Morgan fingerprint density at radius 3 is 2.45 bits per heavy atom. The smallest absolute Gasteiger partial charge is 0.325 e. The summed E-state index contributed by atoms with van der Waals surface area (Å²) in [4.78, 5) is 22.7. The van der Waals surface area contributed by atoms with Gasteiger partial charge in [-0.15, -0.1) is 0 Å². The Balaban J connectivity index is 1.47. The fraction of sp³-hybridized carbons (Fsp3) is 0.333. The Labute approximate surface area is 270 Å². The fourth-order valence-corrected chi connectivity index (χ4v) is 5.18. The van der Waals surface area contributed by atoms with E-state index < -0.39 is 46.5 Å². The van der Waals surface area contributed by atoms with Crippen LogP contribution in [0.25, 0.3) is 11.4 Å². The number of nitrogens with zero attached hydrogens (tertiary/aromatic N) is 4. The summed E-state index contributed by atoms with van der Waals surface area (Å²) in [6.45, 7) is 6.33. The largest absolute Gasteiger partial charge is 0.504 e.